The fraction of sp³-hybridized carbons (Fsp3) is 0.316. The Morgan fingerprint density at radius 2 is 1.84 bits per heavy atom. The standard InChI is InChI=1S/C19H20ClFN2O2/c1-14(25-18-8-3-2-7-17(18)21)19(24)23-11-9-22(10-12-23)16-6-4-5-15(20)13-16/h2-8,13-14H,9-12H2,1H3/t14-/m0/s1. The van der Waals surface area contributed by atoms with Gasteiger partial charge in [-0.15, -0.1) is 0 Å². The first-order valence-electron chi connectivity index (χ1n) is 8.25. The highest BCUT2D eigenvalue weighted by atomic mass is 35.5. The number of para-hydroxylation sites is 1. The van der Waals surface area contributed by atoms with E-state index in [1.807, 2.05) is 24.3 Å². The predicted octanol–water partition coefficient (Wildman–Crippen LogP) is 3.60. The minimum Gasteiger partial charge on any atom is -0.478 e. The third kappa shape index (κ3) is 4.23. The van der Waals surface area contributed by atoms with Crippen LogP contribution in [-0.4, -0.2) is 43.1 Å². The lowest BCUT2D eigenvalue weighted by atomic mass is 10.2. The van der Waals surface area contributed by atoms with Crippen molar-refractivity contribution in [2.45, 2.75) is 13.0 Å². The molecule has 2 aromatic carbocycles. The molecule has 0 unspecified atom stereocenters. The lowest BCUT2D eigenvalue weighted by molar-refractivity contribution is -0.138. The Labute approximate surface area is 151 Å². The van der Waals surface area contributed by atoms with Gasteiger partial charge in [-0.1, -0.05) is 29.8 Å². The predicted molar refractivity (Wildman–Crippen MR) is 96.7 cm³/mol. The van der Waals surface area contributed by atoms with Gasteiger partial charge in [0.15, 0.2) is 17.7 Å². The Morgan fingerprint density at radius 3 is 2.52 bits per heavy atom. The average molecular weight is 363 g/mol. The molecule has 0 saturated carbocycles. The summed E-state index contributed by atoms with van der Waals surface area (Å²) >= 11 is 6.04. The maximum atomic E-state index is 13.7. The molecular formula is C19H20ClFN2O2. The molecule has 1 amide bonds. The van der Waals surface area contributed by atoms with E-state index in [9.17, 15) is 9.18 Å². The Morgan fingerprint density at radius 1 is 1.12 bits per heavy atom. The summed E-state index contributed by atoms with van der Waals surface area (Å²) in [6.07, 6.45) is -0.727. The van der Waals surface area contributed by atoms with Crippen molar-refractivity contribution in [3.63, 3.8) is 0 Å². The van der Waals surface area contributed by atoms with E-state index in [1.54, 1.807) is 24.0 Å². The SMILES string of the molecule is C[C@H](Oc1ccccc1F)C(=O)N1CCN(c2cccc(Cl)c2)CC1. The molecule has 0 aromatic heterocycles. The van der Waals surface area contributed by atoms with Crippen molar-refractivity contribution in [3.05, 3.63) is 59.4 Å². The molecular weight excluding hydrogens is 343 g/mol. The molecule has 0 N–H and O–H groups in total. The fourth-order valence-electron chi connectivity index (χ4n) is 2.90. The van der Waals surface area contributed by atoms with Crippen LogP contribution in [0.1, 0.15) is 6.92 Å². The quantitative estimate of drug-likeness (QED) is 0.833. The number of benzene rings is 2. The number of rotatable bonds is 4. The number of hydrogen-bond donors (Lipinski definition) is 0. The van der Waals surface area contributed by atoms with E-state index in [4.69, 9.17) is 16.3 Å². The van der Waals surface area contributed by atoms with Crippen LogP contribution in [0, 0.1) is 5.82 Å². The first kappa shape index (κ1) is 17.5. The summed E-state index contributed by atoms with van der Waals surface area (Å²) < 4.78 is 19.1. The Balaban J connectivity index is 1.57. The number of ether oxygens (including phenoxy) is 1. The minimum atomic E-state index is -0.727. The third-order valence-corrected chi connectivity index (χ3v) is 4.49. The Kier molecular flexibility index (Phi) is 5.43. The van der Waals surface area contributed by atoms with Crippen molar-refractivity contribution in [1.29, 1.82) is 0 Å². The van der Waals surface area contributed by atoms with Crippen molar-refractivity contribution < 1.29 is 13.9 Å². The minimum absolute atomic E-state index is 0.0981. The lowest BCUT2D eigenvalue weighted by Crippen LogP contribution is -2.52. The van der Waals surface area contributed by atoms with Gasteiger partial charge < -0.3 is 14.5 Å². The van der Waals surface area contributed by atoms with E-state index < -0.39 is 11.9 Å². The Hall–Kier alpha value is -2.27. The van der Waals surface area contributed by atoms with Crippen LogP contribution in [0.25, 0.3) is 0 Å². The highest BCUT2D eigenvalue weighted by Crippen LogP contribution is 2.22. The van der Waals surface area contributed by atoms with Gasteiger partial charge in [0.1, 0.15) is 0 Å². The topological polar surface area (TPSA) is 32.8 Å². The van der Waals surface area contributed by atoms with Gasteiger partial charge in [-0.25, -0.2) is 4.39 Å². The molecule has 0 spiro atoms. The molecule has 2 aromatic rings. The molecule has 0 aliphatic carbocycles. The Bertz CT molecular complexity index is 748. The molecule has 6 heteroatoms. The van der Waals surface area contributed by atoms with Gasteiger partial charge in [0, 0.05) is 36.9 Å². The van der Waals surface area contributed by atoms with Crippen LogP contribution in [0.15, 0.2) is 48.5 Å². The molecule has 1 aliphatic rings. The highest BCUT2D eigenvalue weighted by Gasteiger charge is 2.26. The van der Waals surface area contributed by atoms with Gasteiger partial charge >= 0.3 is 0 Å². The highest BCUT2D eigenvalue weighted by molar-refractivity contribution is 6.30. The van der Waals surface area contributed by atoms with Crippen molar-refractivity contribution in [3.8, 4) is 5.75 Å². The van der Waals surface area contributed by atoms with E-state index in [0.717, 1.165) is 18.8 Å². The van der Waals surface area contributed by atoms with Crippen LogP contribution < -0.4 is 9.64 Å². The van der Waals surface area contributed by atoms with Gasteiger partial charge in [0.2, 0.25) is 0 Å². The summed E-state index contributed by atoms with van der Waals surface area (Å²) in [7, 11) is 0. The number of carbonyl (C=O) groups excluding carboxylic acids is 1. The van der Waals surface area contributed by atoms with Crippen LogP contribution in [0.4, 0.5) is 10.1 Å². The average Bonchev–Trinajstić information content (AvgIpc) is 2.63. The van der Waals surface area contributed by atoms with Crippen LogP contribution >= 0.6 is 11.6 Å². The monoisotopic (exact) mass is 362 g/mol. The van der Waals surface area contributed by atoms with Crippen molar-refractivity contribution in [1.82, 2.24) is 4.90 Å². The summed E-state index contributed by atoms with van der Waals surface area (Å²) in [6.45, 7) is 4.28. The zero-order valence-corrected chi connectivity index (χ0v) is 14.7. The number of carbonyl (C=O) groups is 1. The molecule has 0 radical (unpaired) electrons. The van der Waals surface area contributed by atoms with Crippen LogP contribution in [0.2, 0.25) is 5.02 Å². The van der Waals surface area contributed by atoms with Crippen LogP contribution in [-0.2, 0) is 4.79 Å². The summed E-state index contributed by atoms with van der Waals surface area (Å²) in [5, 5.41) is 0.697. The second-order valence-corrected chi connectivity index (χ2v) is 6.42. The van der Waals surface area contributed by atoms with Crippen molar-refractivity contribution in [2.75, 3.05) is 31.1 Å². The smallest absolute Gasteiger partial charge is 0.263 e. The van der Waals surface area contributed by atoms with Gasteiger partial charge in [-0.05, 0) is 37.3 Å². The second kappa shape index (κ2) is 7.74. The number of hydrogen-bond acceptors (Lipinski definition) is 3. The summed E-state index contributed by atoms with van der Waals surface area (Å²) in [5.74, 6) is -0.497. The normalized spacial score (nSPS) is 15.8. The molecule has 25 heavy (non-hydrogen) atoms. The largest absolute Gasteiger partial charge is 0.478 e. The molecule has 1 saturated heterocycles. The molecule has 1 heterocycles. The van der Waals surface area contributed by atoms with E-state index >= 15 is 0 Å². The zero-order valence-electron chi connectivity index (χ0n) is 14.0. The summed E-state index contributed by atoms with van der Waals surface area (Å²) in [6, 6.07) is 13.8. The first-order valence-corrected chi connectivity index (χ1v) is 8.63. The molecule has 4 nitrogen and oxygen atoms in total. The number of amides is 1. The number of anilines is 1. The molecule has 1 atom stereocenters. The maximum Gasteiger partial charge on any atom is 0.263 e. The molecule has 1 fully saturated rings. The van der Waals surface area contributed by atoms with Gasteiger partial charge in [0.25, 0.3) is 5.91 Å². The number of halogens is 2. The molecule has 1 aliphatic heterocycles. The van der Waals surface area contributed by atoms with Crippen molar-refractivity contribution >= 4 is 23.2 Å². The van der Waals surface area contributed by atoms with Crippen LogP contribution in [0.3, 0.4) is 0 Å². The van der Waals surface area contributed by atoms with Gasteiger partial charge in [-0.2, -0.15) is 0 Å². The number of nitrogens with zero attached hydrogens (tertiary/aromatic N) is 2. The molecule has 3 rings (SSSR count). The second-order valence-electron chi connectivity index (χ2n) is 5.98. The molecule has 0 bridgehead atoms. The van der Waals surface area contributed by atoms with E-state index in [2.05, 4.69) is 4.90 Å². The summed E-state index contributed by atoms with van der Waals surface area (Å²) in [4.78, 5) is 16.5. The van der Waals surface area contributed by atoms with Gasteiger partial charge in [0.05, 0.1) is 0 Å². The fourth-order valence-corrected chi connectivity index (χ4v) is 3.08. The van der Waals surface area contributed by atoms with E-state index in [-0.39, 0.29) is 11.7 Å². The first-order chi connectivity index (χ1) is 12.0. The number of piperazine rings is 1. The lowest BCUT2D eigenvalue weighted by Gasteiger charge is -2.37. The van der Waals surface area contributed by atoms with Crippen molar-refractivity contribution in [2.24, 2.45) is 0 Å². The maximum absolute atomic E-state index is 13.7. The zero-order chi connectivity index (χ0) is 17.8. The summed E-state index contributed by atoms with van der Waals surface area (Å²) in [5.41, 5.74) is 1.05. The van der Waals surface area contributed by atoms with Gasteiger partial charge in [-0.3, -0.25) is 4.79 Å². The van der Waals surface area contributed by atoms with E-state index in [0.29, 0.717) is 18.1 Å². The third-order valence-electron chi connectivity index (χ3n) is 4.25. The van der Waals surface area contributed by atoms with E-state index in [1.165, 1.54) is 12.1 Å². The van der Waals surface area contributed by atoms with Crippen LogP contribution in [0.5, 0.6) is 5.75 Å². The molecule has 132 valence electrons.